The first-order valence-electron chi connectivity index (χ1n) is 10.9. The lowest BCUT2D eigenvalue weighted by Gasteiger charge is -2.31. The van der Waals surface area contributed by atoms with Crippen molar-refractivity contribution >= 4 is 5.65 Å². The molecule has 32 heavy (non-hydrogen) atoms. The third-order valence-electron chi connectivity index (χ3n) is 6.06. The lowest BCUT2D eigenvalue weighted by atomic mass is 9.97. The summed E-state index contributed by atoms with van der Waals surface area (Å²) in [5.41, 5.74) is 4.07. The molecule has 0 spiro atoms. The highest BCUT2D eigenvalue weighted by molar-refractivity contribution is 5.74. The number of benzene rings is 1. The third kappa shape index (κ3) is 4.03. The molecule has 0 N–H and O–H groups in total. The number of rotatable bonds is 6. The fourth-order valence-electron chi connectivity index (χ4n) is 4.51. The van der Waals surface area contributed by atoms with Crippen molar-refractivity contribution in [3.63, 3.8) is 0 Å². The average molecular weight is 430 g/mol. The van der Waals surface area contributed by atoms with Crippen molar-refractivity contribution in [2.75, 3.05) is 27.3 Å². The number of aromatic nitrogens is 4. The van der Waals surface area contributed by atoms with Gasteiger partial charge in [0.15, 0.2) is 23.0 Å². The minimum absolute atomic E-state index is 0.329. The van der Waals surface area contributed by atoms with Gasteiger partial charge in [-0.05, 0) is 49.2 Å². The van der Waals surface area contributed by atoms with Crippen molar-refractivity contribution in [3.8, 4) is 22.6 Å². The molecule has 1 aromatic carbocycles. The first kappa shape index (κ1) is 20.5. The Morgan fingerprint density at radius 1 is 1.06 bits per heavy atom. The van der Waals surface area contributed by atoms with Crippen molar-refractivity contribution in [1.82, 2.24) is 24.5 Å². The second kappa shape index (κ2) is 8.96. The molecule has 1 fully saturated rings. The van der Waals surface area contributed by atoms with Crippen LogP contribution in [0.2, 0.25) is 0 Å². The van der Waals surface area contributed by atoms with Gasteiger partial charge in [-0.3, -0.25) is 9.88 Å². The van der Waals surface area contributed by atoms with E-state index in [1.807, 2.05) is 53.4 Å². The summed E-state index contributed by atoms with van der Waals surface area (Å²) in [6.07, 6.45) is 8.03. The summed E-state index contributed by atoms with van der Waals surface area (Å²) < 4.78 is 12.9. The van der Waals surface area contributed by atoms with Gasteiger partial charge in [0.05, 0.1) is 14.2 Å². The molecule has 1 aliphatic heterocycles. The number of likely N-dealkylation sites (tertiary alicyclic amines) is 1. The predicted molar refractivity (Wildman–Crippen MR) is 123 cm³/mol. The van der Waals surface area contributed by atoms with E-state index in [0.29, 0.717) is 17.4 Å². The third-order valence-corrected chi connectivity index (χ3v) is 6.06. The molecular weight excluding hydrogens is 402 g/mol. The van der Waals surface area contributed by atoms with Crippen LogP contribution in [0.5, 0.6) is 11.5 Å². The van der Waals surface area contributed by atoms with E-state index in [4.69, 9.17) is 19.6 Å². The molecule has 0 radical (unpaired) electrons. The van der Waals surface area contributed by atoms with Crippen molar-refractivity contribution in [2.45, 2.75) is 25.3 Å². The van der Waals surface area contributed by atoms with E-state index in [9.17, 15) is 0 Å². The fraction of sp³-hybridized carbons (Fsp3) is 0.320. The number of hydrogen-bond acceptors (Lipinski definition) is 6. The molecule has 4 aromatic rings. The molecule has 3 aromatic heterocycles. The van der Waals surface area contributed by atoms with Gasteiger partial charge in [0.1, 0.15) is 0 Å². The van der Waals surface area contributed by atoms with Crippen LogP contribution in [0.4, 0.5) is 0 Å². The summed E-state index contributed by atoms with van der Waals surface area (Å²) in [4.78, 5) is 11.6. The van der Waals surface area contributed by atoms with E-state index >= 15 is 0 Å². The first-order valence-corrected chi connectivity index (χ1v) is 10.9. The van der Waals surface area contributed by atoms with Gasteiger partial charge in [0.2, 0.25) is 0 Å². The summed E-state index contributed by atoms with van der Waals surface area (Å²) in [5, 5.41) is 4.86. The molecule has 1 atom stereocenters. The van der Waals surface area contributed by atoms with E-state index in [1.54, 1.807) is 14.2 Å². The molecule has 7 nitrogen and oxygen atoms in total. The van der Waals surface area contributed by atoms with Crippen LogP contribution in [0.1, 0.15) is 30.1 Å². The Morgan fingerprint density at radius 3 is 2.81 bits per heavy atom. The van der Waals surface area contributed by atoms with Crippen LogP contribution in [-0.2, 0) is 6.54 Å². The number of ether oxygens (including phenoxy) is 2. The molecule has 0 amide bonds. The van der Waals surface area contributed by atoms with Crippen molar-refractivity contribution in [3.05, 3.63) is 72.4 Å². The lowest BCUT2D eigenvalue weighted by Crippen LogP contribution is -2.34. The second-order valence-corrected chi connectivity index (χ2v) is 8.17. The maximum Gasteiger partial charge on any atom is 0.168 e. The molecule has 0 unspecified atom stereocenters. The van der Waals surface area contributed by atoms with Crippen LogP contribution in [0.3, 0.4) is 0 Å². The highest BCUT2D eigenvalue weighted by Gasteiger charge is 2.25. The van der Waals surface area contributed by atoms with Crippen LogP contribution in [0.25, 0.3) is 16.8 Å². The topological polar surface area (TPSA) is 64.8 Å². The van der Waals surface area contributed by atoms with Gasteiger partial charge in [0, 0.05) is 48.7 Å². The van der Waals surface area contributed by atoms with E-state index in [1.165, 1.54) is 5.56 Å². The quantitative estimate of drug-likeness (QED) is 0.458. The second-order valence-electron chi connectivity index (χ2n) is 8.17. The Labute approximate surface area is 187 Å². The maximum atomic E-state index is 5.61. The molecule has 0 aliphatic carbocycles. The highest BCUT2D eigenvalue weighted by atomic mass is 16.5. The minimum Gasteiger partial charge on any atom is -0.493 e. The normalized spacial score (nSPS) is 16.9. The zero-order valence-electron chi connectivity index (χ0n) is 18.4. The zero-order valence-corrected chi connectivity index (χ0v) is 18.4. The number of pyridine rings is 2. The smallest absolute Gasteiger partial charge is 0.168 e. The number of fused-ring (bicyclic) bond motifs is 1. The number of para-hydroxylation sites is 1. The molecule has 0 bridgehead atoms. The Hall–Kier alpha value is -3.45. The Kier molecular flexibility index (Phi) is 5.73. The molecule has 4 heterocycles. The Balaban J connectivity index is 1.40. The standard InChI is InChI=1S/C25H27N5O2/c1-31-22-9-3-8-21(24(22)32-2)19-10-11-23-27-25(28-30(23)17-19)20-7-5-13-29(16-20)15-18-6-4-12-26-14-18/h3-4,6,8-12,14,17,20H,5,7,13,15-16H2,1-2H3/t20-/m0/s1. The number of piperidine rings is 1. The maximum absolute atomic E-state index is 5.61. The van der Waals surface area contributed by atoms with Gasteiger partial charge in [-0.2, -0.15) is 5.10 Å². The van der Waals surface area contributed by atoms with Crippen LogP contribution in [0.15, 0.2) is 61.1 Å². The largest absolute Gasteiger partial charge is 0.493 e. The molecule has 1 saturated heterocycles. The highest BCUT2D eigenvalue weighted by Crippen LogP contribution is 2.37. The predicted octanol–water partition coefficient (Wildman–Crippen LogP) is 4.19. The van der Waals surface area contributed by atoms with Gasteiger partial charge >= 0.3 is 0 Å². The van der Waals surface area contributed by atoms with Crippen LogP contribution >= 0.6 is 0 Å². The fourth-order valence-corrected chi connectivity index (χ4v) is 4.51. The Morgan fingerprint density at radius 2 is 2.00 bits per heavy atom. The first-order chi connectivity index (χ1) is 15.7. The SMILES string of the molecule is COc1cccc(-c2ccc3nc([C@H]4CCCN(Cc5cccnc5)C4)nn3c2)c1OC. The number of nitrogens with zero attached hydrogens (tertiary/aromatic N) is 5. The van der Waals surface area contributed by atoms with Gasteiger partial charge in [-0.1, -0.05) is 18.2 Å². The van der Waals surface area contributed by atoms with Crippen LogP contribution < -0.4 is 9.47 Å². The van der Waals surface area contributed by atoms with Gasteiger partial charge in [0.25, 0.3) is 0 Å². The number of hydrogen-bond donors (Lipinski definition) is 0. The number of methoxy groups -OCH3 is 2. The summed E-state index contributed by atoms with van der Waals surface area (Å²) in [6, 6.07) is 14.1. The average Bonchev–Trinajstić information content (AvgIpc) is 3.28. The molecule has 7 heteroatoms. The Bertz CT molecular complexity index is 1210. The zero-order chi connectivity index (χ0) is 21.9. The van der Waals surface area contributed by atoms with Crippen molar-refractivity contribution in [2.24, 2.45) is 0 Å². The minimum atomic E-state index is 0.329. The molecule has 0 saturated carbocycles. The van der Waals surface area contributed by atoms with E-state index < -0.39 is 0 Å². The molecular formula is C25H27N5O2. The van der Waals surface area contributed by atoms with Crippen molar-refractivity contribution < 1.29 is 9.47 Å². The molecule has 164 valence electrons. The summed E-state index contributed by atoms with van der Waals surface area (Å²) in [5.74, 6) is 2.67. The summed E-state index contributed by atoms with van der Waals surface area (Å²) >= 11 is 0. The monoisotopic (exact) mass is 429 g/mol. The van der Waals surface area contributed by atoms with E-state index in [2.05, 4.69) is 22.0 Å². The molecule has 1 aliphatic rings. The summed E-state index contributed by atoms with van der Waals surface area (Å²) in [6.45, 7) is 2.97. The van der Waals surface area contributed by atoms with E-state index in [-0.39, 0.29) is 0 Å². The van der Waals surface area contributed by atoms with Crippen molar-refractivity contribution in [1.29, 1.82) is 0 Å². The van der Waals surface area contributed by atoms with Crippen LogP contribution in [0, 0.1) is 0 Å². The van der Waals surface area contributed by atoms with Gasteiger partial charge < -0.3 is 9.47 Å². The molecule has 5 rings (SSSR count). The van der Waals surface area contributed by atoms with Crippen LogP contribution in [-0.4, -0.2) is 51.8 Å². The summed E-state index contributed by atoms with van der Waals surface area (Å²) in [7, 11) is 3.31. The van der Waals surface area contributed by atoms with Gasteiger partial charge in [-0.15, -0.1) is 0 Å². The van der Waals surface area contributed by atoms with Gasteiger partial charge in [-0.25, -0.2) is 9.50 Å². The van der Waals surface area contributed by atoms with E-state index in [0.717, 1.165) is 55.1 Å². The lowest BCUT2D eigenvalue weighted by molar-refractivity contribution is 0.196.